The first-order valence-corrected chi connectivity index (χ1v) is 8.26. The van der Waals surface area contributed by atoms with Gasteiger partial charge in [0.1, 0.15) is 12.9 Å². The number of piperidine rings is 1. The number of likely N-dealkylation sites (tertiary alicyclic amines) is 1. The van der Waals surface area contributed by atoms with E-state index in [0.29, 0.717) is 5.92 Å². The van der Waals surface area contributed by atoms with Gasteiger partial charge in [-0.15, -0.1) is 0 Å². The van der Waals surface area contributed by atoms with Crippen LogP contribution >= 0.6 is 0 Å². The molecule has 1 heterocycles. The van der Waals surface area contributed by atoms with Crippen molar-refractivity contribution in [1.82, 2.24) is 4.90 Å². The van der Waals surface area contributed by atoms with E-state index in [0.717, 1.165) is 31.5 Å². The van der Waals surface area contributed by atoms with Crippen molar-refractivity contribution in [3.05, 3.63) is 29.8 Å². The summed E-state index contributed by atoms with van der Waals surface area (Å²) in [6.45, 7) is 9.15. The first-order valence-electron chi connectivity index (χ1n) is 8.26. The van der Waals surface area contributed by atoms with E-state index in [2.05, 4.69) is 43.4 Å². The molecule has 1 saturated heterocycles. The van der Waals surface area contributed by atoms with Gasteiger partial charge >= 0.3 is 6.09 Å². The molecule has 1 radical (unpaired) electrons. The molecule has 0 N–H and O–H groups in total. The Morgan fingerprint density at radius 1 is 1.22 bits per heavy atom. The summed E-state index contributed by atoms with van der Waals surface area (Å²) in [5, 5.41) is 0. The Labute approximate surface area is 140 Å². The predicted molar refractivity (Wildman–Crippen MR) is 95.1 cm³/mol. The van der Waals surface area contributed by atoms with Crippen molar-refractivity contribution in [3.63, 3.8) is 0 Å². The first-order chi connectivity index (χ1) is 10.9. The summed E-state index contributed by atoms with van der Waals surface area (Å²) in [5.74, 6) is 6.95. The Morgan fingerprint density at radius 3 is 2.35 bits per heavy atom. The van der Waals surface area contributed by atoms with Crippen LogP contribution in [-0.4, -0.2) is 37.0 Å². The number of hydrogen-bond acceptors (Lipinski definition) is 2. The maximum atomic E-state index is 12.0. The lowest BCUT2D eigenvalue weighted by Gasteiger charge is -2.31. The van der Waals surface area contributed by atoms with E-state index in [1.807, 2.05) is 27.6 Å². The highest BCUT2D eigenvalue weighted by atomic mass is 16.6. The fourth-order valence-electron chi connectivity index (χ4n) is 2.48. The van der Waals surface area contributed by atoms with Crippen molar-refractivity contribution >= 4 is 18.8 Å². The third kappa shape index (κ3) is 5.67. The molecule has 1 fully saturated rings. The minimum absolute atomic E-state index is 0.213. The van der Waals surface area contributed by atoms with Gasteiger partial charge < -0.3 is 9.64 Å². The van der Waals surface area contributed by atoms with Crippen LogP contribution in [0.5, 0.6) is 0 Å². The van der Waals surface area contributed by atoms with E-state index in [9.17, 15) is 4.79 Å². The van der Waals surface area contributed by atoms with Crippen LogP contribution in [0.4, 0.5) is 4.79 Å². The van der Waals surface area contributed by atoms with Crippen molar-refractivity contribution < 1.29 is 9.53 Å². The van der Waals surface area contributed by atoms with Crippen LogP contribution in [0, 0.1) is 17.8 Å². The van der Waals surface area contributed by atoms with E-state index >= 15 is 0 Å². The fourth-order valence-corrected chi connectivity index (χ4v) is 2.48. The smallest absolute Gasteiger partial charge is 0.410 e. The molecule has 1 aromatic carbocycles. The summed E-state index contributed by atoms with van der Waals surface area (Å²) in [5.41, 5.74) is 1.82. The minimum Gasteiger partial charge on any atom is -0.444 e. The molecule has 23 heavy (non-hydrogen) atoms. The van der Waals surface area contributed by atoms with E-state index in [1.165, 1.54) is 5.46 Å². The Balaban J connectivity index is 1.85. The molecule has 0 bridgehead atoms. The molecular weight excluding hydrogens is 285 g/mol. The maximum Gasteiger partial charge on any atom is 0.410 e. The number of ether oxygens (including phenoxy) is 1. The molecule has 0 unspecified atom stereocenters. The zero-order chi connectivity index (χ0) is 16.9. The van der Waals surface area contributed by atoms with Crippen molar-refractivity contribution in [2.24, 2.45) is 5.92 Å². The number of carbonyl (C=O) groups is 1. The van der Waals surface area contributed by atoms with Crippen molar-refractivity contribution in [3.8, 4) is 11.8 Å². The van der Waals surface area contributed by atoms with Gasteiger partial charge in [-0.05, 0) is 45.7 Å². The Bertz CT molecular complexity index is 585. The summed E-state index contributed by atoms with van der Waals surface area (Å²) in [4.78, 5) is 13.8. The SMILES string of the molecule is C[B]c1ccc(C#CC2CCN(C(=O)OC(C)(C)C)CC2)cc1. The summed E-state index contributed by atoms with van der Waals surface area (Å²) in [6.07, 6.45) is 1.61. The molecule has 0 aromatic heterocycles. The lowest BCUT2D eigenvalue weighted by Crippen LogP contribution is -2.41. The summed E-state index contributed by atoms with van der Waals surface area (Å²) in [7, 11) is 2.07. The lowest BCUT2D eigenvalue weighted by atomic mass is 9.73. The fraction of sp³-hybridized carbons (Fsp3) is 0.526. The molecule has 121 valence electrons. The Morgan fingerprint density at radius 2 is 1.83 bits per heavy atom. The lowest BCUT2D eigenvalue weighted by molar-refractivity contribution is 0.0199. The molecule has 4 heteroatoms. The second-order valence-corrected chi connectivity index (χ2v) is 6.92. The second kappa shape index (κ2) is 7.59. The number of nitrogens with zero attached hydrogens (tertiary/aromatic N) is 1. The number of hydrogen-bond donors (Lipinski definition) is 0. The summed E-state index contributed by atoms with van der Waals surface area (Å²) in [6, 6.07) is 8.26. The van der Waals surface area contributed by atoms with Crippen LogP contribution in [0.25, 0.3) is 0 Å². The zero-order valence-electron chi connectivity index (χ0n) is 14.6. The third-order valence-corrected chi connectivity index (χ3v) is 3.81. The molecule has 1 aliphatic heterocycles. The van der Waals surface area contributed by atoms with Gasteiger partial charge in [-0.2, -0.15) is 0 Å². The summed E-state index contributed by atoms with van der Waals surface area (Å²) < 4.78 is 5.41. The number of carbonyl (C=O) groups excluding carboxylic acids is 1. The maximum absolute atomic E-state index is 12.0. The third-order valence-electron chi connectivity index (χ3n) is 3.81. The standard InChI is InChI=1S/C19H25BNO2/c1-19(2,3)23-18(22)21-13-11-16(12-14-21)6-5-15-7-9-17(20-4)10-8-15/h7-10,16H,11-14H2,1-4H3. The second-order valence-electron chi connectivity index (χ2n) is 6.92. The molecule has 1 aliphatic rings. The van der Waals surface area contributed by atoms with Crippen molar-refractivity contribution in [2.75, 3.05) is 13.1 Å². The van der Waals surface area contributed by atoms with E-state index in [1.54, 1.807) is 4.90 Å². The molecular formula is C19H25BNO2. The normalized spacial score (nSPS) is 15.6. The average Bonchev–Trinajstić information content (AvgIpc) is 2.52. The predicted octanol–water partition coefficient (Wildman–Crippen LogP) is 3.06. The van der Waals surface area contributed by atoms with Gasteiger partial charge in [-0.3, -0.25) is 0 Å². The highest BCUT2D eigenvalue weighted by Gasteiger charge is 2.26. The molecule has 2 rings (SSSR count). The molecule has 0 aliphatic carbocycles. The van der Waals surface area contributed by atoms with Gasteiger partial charge in [0.2, 0.25) is 0 Å². The molecule has 0 saturated carbocycles. The zero-order valence-corrected chi connectivity index (χ0v) is 14.6. The van der Waals surface area contributed by atoms with Crippen LogP contribution in [-0.2, 0) is 4.74 Å². The van der Waals surface area contributed by atoms with Gasteiger partial charge in [0.15, 0.2) is 0 Å². The van der Waals surface area contributed by atoms with E-state index in [4.69, 9.17) is 4.74 Å². The van der Waals surface area contributed by atoms with Crippen molar-refractivity contribution in [1.29, 1.82) is 0 Å². The monoisotopic (exact) mass is 310 g/mol. The van der Waals surface area contributed by atoms with E-state index in [-0.39, 0.29) is 6.09 Å². The van der Waals surface area contributed by atoms with E-state index < -0.39 is 5.60 Å². The number of benzene rings is 1. The highest BCUT2D eigenvalue weighted by molar-refractivity contribution is 6.51. The minimum atomic E-state index is -0.435. The van der Waals surface area contributed by atoms with Gasteiger partial charge in [-0.25, -0.2) is 4.79 Å². The molecule has 1 amide bonds. The van der Waals surface area contributed by atoms with Crippen LogP contribution < -0.4 is 5.46 Å². The van der Waals surface area contributed by atoms with Gasteiger partial charge in [0.25, 0.3) is 0 Å². The summed E-state index contributed by atoms with van der Waals surface area (Å²) >= 11 is 0. The average molecular weight is 310 g/mol. The highest BCUT2D eigenvalue weighted by Crippen LogP contribution is 2.19. The van der Waals surface area contributed by atoms with Crippen LogP contribution in [0.3, 0.4) is 0 Å². The molecule has 1 aromatic rings. The number of amides is 1. The molecule has 3 nitrogen and oxygen atoms in total. The van der Waals surface area contributed by atoms with Crippen LogP contribution in [0.2, 0.25) is 6.82 Å². The quantitative estimate of drug-likeness (QED) is 0.589. The Hall–Kier alpha value is -1.89. The van der Waals surface area contributed by atoms with Gasteiger partial charge in [0, 0.05) is 24.6 Å². The Kier molecular flexibility index (Phi) is 5.77. The van der Waals surface area contributed by atoms with Gasteiger partial charge in [0.05, 0.1) is 0 Å². The molecule has 0 atom stereocenters. The number of rotatable bonds is 1. The topological polar surface area (TPSA) is 29.5 Å². The van der Waals surface area contributed by atoms with Gasteiger partial charge in [-0.1, -0.05) is 36.3 Å². The largest absolute Gasteiger partial charge is 0.444 e. The molecule has 0 spiro atoms. The van der Waals surface area contributed by atoms with Crippen LogP contribution in [0.15, 0.2) is 24.3 Å². The van der Waals surface area contributed by atoms with Crippen LogP contribution in [0.1, 0.15) is 39.2 Å². The first kappa shape index (κ1) is 17.5. The van der Waals surface area contributed by atoms with Crippen molar-refractivity contribution in [2.45, 2.75) is 46.0 Å².